The molecule has 0 bridgehead atoms. The standard InChI is InChI=1S/C24H21N5O2/c1-15-14-26-21-18(22(15)29-13-12-28(2)24(29)31)7-5-9-20(21)27-23(30)17-10-11-25-19-8-4-3-6-16(17)19/h3-11,14H,12-13H2,1-2H3,(H,27,30). The first kappa shape index (κ1) is 19.0. The molecule has 1 aliphatic rings. The predicted molar refractivity (Wildman–Crippen MR) is 122 cm³/mol. The molecule has 3 amide bonds. The Morgan fingerprint density at radius 1 is 1.00 bits per heavy atom. The van der Waals surface area contributed by atoms with E-state index in [1.807, 2.05) is 49.4 Å². The van der Waals surface area contributed by atoms with E-state index in [1.165, 1.54) is 0 Å². The highest BCUT2D eigenvalue weighted by molar-refractivity contribution is 6.15. The number of nitrogens with one attached hydrogen (secondary N) is 1. The maximum Gasteiger partial charge on any atom is 0.324 e. The third-order valence-corrected chi connectivity index (χ3v) is 5.68. The minimum atomic E-state index is -0.230. The Kier molecular flexibility index (Phi) is 4.51. The zero-order valence-corrected chi connectivity index (χ0v) is 17.3. The summed E-state index contributed by atoms with van der Waals surface area (Å²) in [7, 11) is 1.80. The number of hydrogen-bond acceptors (Lipinski definition) is 4. The number of amides is 3. The van der Waals surface area contributed by atoms with Crippen LogP contribution < -0.4 is 10.2 Å². The Labute approximate surface area is 179 Å². The van der Waals surface area contributed by atoms with Gasteiger partial charge in [-0.25, -0.2) is 4.79 Å². The van der Waals surface area contributed by atoms with E-state index in [-0.39, 0.29) is 11.9 Å². The summed E-state index contributed by atoms with van der Waals surface area (Å²) in [6.07, 6.45) is 3.39. The smallest absolute Gasteiger partial charge is 0.324 e. The first-order valence-electron chi connectivity index (χ1n) is 10.1. The van der Waals surface area contributed by atoms with Crippen LogP contribution in [-0.2, 0) is 0 Å². The number of urea groups is 1. The molecule has 0 radical (unpaired) electrons. The third-order valence-electron chi connectivity index (χ3n) is 5.68. The van der Waals surface area contributed by atoms with E-state index < -0.39 is 0 Å². The predicted octanol–water partition coefficient (Wildman–Crippen LogP) is 4.22. The van der Waals surface area contributed by atoms with Crippen LogP contribution in [0.1, 0.15) is 15.9 Å². The molecule has 7 heteroatoms. The quantitative estimate of drug-likeness (QED) is 0.548. The van der Waals surface area contributed by atoms with Gasteiger partial charge < -0.3 is 10.2 Å². The minimum absolute atomic E-state index is 0.0340. The van der Waals surface area contributed by atoms with Crippen molar-refractivity contribution in [3.63, 3.8) is 0 Å². The Morgan fingerprint density at radius 3 is 2.61 bits per heavy atom. The fraction of sp³-hybridized carbons (Fsp3) is 0.167. The number of pyridine rings is 2. The molecule has 0 unspecified atom stereocenters. The summed E-state index contributed by atoms with van der Waals surface area (Å²) >= 11 is 0. The molecule has 154 valence electrons. The van der Waals surface area contributed by atoms with Crippen molar-refractivity contribution in [3.05, 3.63) is 72.1 Å². The lowest BCUT2D eigenvalue weighted by Gasteiger charge is -2.21. The fourth-order valence-corrected chi connectivity index (χ4v) is 4.11. The van der Waals surface area contributed by atoms with Gasteiger partial charge in [-0.3, -0.25) is 19.7 Å². The van der Waals surface area contributed by atoms with Crippen LogP contribution in [0.25, 0.3) is 21.8 Å². The monoisotopic (exact) mass is 411 g/mol. The minimum Gasteiger partial charge on any atom is -0.326 e. The van der Waals surface area contributed by atoms with E-state index in [0.29, 0.717) is 29.9 Å². The zero-order chi connectivity index (χ0) is 21.5. The molecular weight excluding hydrogens is 390 g/mol. The summed E-state index contributed by atoms with van der Waals surface area (Å²) in [5.41, 5.74) is 4.32. The average Bonchev–Trinajstić information content (AvgIpc) is 3.11. The molecule has 0 aliphatic carbocycles. The molecule has 31 heavy (non-hydrogen) atoms. The largest absolute Gasteiger partial charge is 0.326 e. The highest BCUT2D eigenvalue weighted by Crippen LogP contribution is 2.34. The number of fused-ring (bicyclic) bond motifs is 2. The van der Waals surface area contributed by atoms with E-state index >= 15 is 0 Å². The van der Waals surface area contributed by atoms with Gasteiger partial charge in [-0.15, -0.1) is 0 Å². The van der Waals surface area contributed by atoms with Crippen molar-refractivity contribution in [1.82, 2.24) is 14.9 Å². The van der Waals surface area contributed by atoms with Crippen molar-refractivity contribution in [3.8, 4) is 0 Å². The van der Waals surface area contributed by atoms with E-state index in [1.54, 1.807) is 35.3 Å². The number of nitrogens with zero attached hydrogens (tertiary/aromatic N) is 4. The lowest BCUT2D eigenvalue weighted by Crippen LogP contribution is -2.30. The van der Waals surface area contributed by atoms with Crippen molar-refractivity contribution >= 4 is 45.1 Å². The second kappa shape index (κ2) is 7.36. The molecule has 4 aromatic rings. The molecule has 7 nitrogen and oxygen atoms in total. The number of anilines is 2. The Morgan fingerprint density at radius 2 is 1.81 bits per heavy atom. The number of aryl methyl sites for hydroxylation is 1. The zero-order valence-electron chi connectivity index (χ0n) is 17.3. The SMILES string of the molecule is Cc1cnc2c(NC(=O)c3ccnc4ccccc34)cccc2c1N1CCN(C)C1=O. The summed E-state index contributed by atoms with van der Waals surface area (Å²) in [6, 6.07) is 14.9. The number of hydrogen-bond donors (Lipinski definition) is 1. The molecule has 1 fully saturated rings. The van der Waals surface area contributed by atoms with Crippen molar-refractivity contribution in [1.29, 1.82) is 0 Å². The van der Waals surface area contributed by atoms with Crippen LogP contribution in [0.5, 0.6) is 0 Å². The van der Waals surface area contributed by atoms with Gasteiger partial charge in [0, 0.05) is 43.3 Å². The highest BCUT2D eigenvalue weighted by atomic mass is 16.2. The van der Waals surface area contributed by atoms with Crippen LogP contribution in [0.3, 0.4) is 0 Å². The normalized spacial score (nSPS) is 13.9. The van der Waals surface area contributed by atoms with Gasteiger partial charge in [0.05, 0.1) is 28.0 Å². The maximum atomic E-state index is 13.1. The second-order valence-corrected chi connectivity index (χ2v) is 7.68. The topological polar surface area (TPSA) is 78.4 Å². The van der Waals surface area contributed by atoms with Crippen molar-refractivity contribution in [2.75, 3.05) is 30.4 Å². The summed E-state index contributed by atoms with van der Waals surface area (Å²) in [4.78, 5) is 38.2. The third kappa shape index (κ3) is 3.15. The first-order valence-corrected chi connectivity index (χ1v) is 10.1. The van der Waals surface area contributed by atoms with Crippen LogP contribution in [-0.4, -0.2) is 46.9 Å². The highest BCUT2D eigenvalue weighted by Gasteiger charge is 2.29. The van der Waals surface area contributed by atoms with E-state index in [4.69, 9.17) is 0 Å². The van der Waals surface area contributed by atoms with Crippen molar-refractivity contribution < 1.29 is 9.59 Å². The van der Waals surface area contributed by atoms with Gasteiger partial charge in [-0.05, 0) is 30.7 Å². The molecular formula is C24H21N5O2. The summed E-state index contributed by atoms with van der Waals surface area (Å²) in [5, 5.41) is 4.63. The van der Waals surface area contributed by atoms with Gasteiger partial charge in [-0.2, -0.15) is 0 Å². The van der Waals surface area contributed by atoms with E-state index in [0.717, 1.165) is 27.5 Å². The van der Waals surface area contributed by atoms with Crippen molar-refractivity contribution in [2.45, 2.75) is 6.92 Å². The van der Waals surface area contributed by atoms with Gasteiger partial charge in [0.25, 0.3) is 5.91 Å². The van der Waals surface area contributed by atoms with Gasteiger partial charge in [0.2, 0.25) is 0 Å². The first-order chi connectivity index (χ1) is 15.0. The van der Waals surface area contributed by atoms with Crippen LogP contribution in [0.2, 0.25) is 0 Å². The van der Waals surface area contributed by atoms with Crippen LogP contribution in [0, 0.1) is 6.92 Å². The molecule has 1 N–H and O–H groups in total. The summed E-state index contributed by atoms with van der Waals surface area (Å²) in [5.74, 6) is -0.230. The number of carbonyl (C=O) groups excluding carboxylic acids is 2. The molecule has 3 heterocycles. The molecule has 0 saturated carbocycles. The van der Waals surface area contributed by atoms with Gasteiger partial charge in [0.1, 0.15) is 0 Å². The molecule has 5 rings (SSSR count). The summed E-state index contributed by atoms with van der Waals surface area (Å²) in [6.45, 7) is 3.24. The van der Waals surface area contributed by atoms with Crippen LogP contribution >= 0.6 is 0 Å². The van der Waals surface area contributed by atoms with E-state index in [2.05, 4.69) is 15.3 Å². The number of carbonyl (C=O) groups is 2. The molecule has 0 spiro atoms. The van der Waals surface area contributed by atoms with Gasteiger partial charge >= 0.3 is 6.03 Å². The van der Waals surface area contributed by atoms with Crippen LogP contribution in [0.4, 0.5) is 16.2 Å². The Hall–Kier alpha value is -4.00. The fourth-order valence-electron chi connectivity index (χ4n) is 4.11. The number of benzene rings is 2. The van der Waals surface area contributed by atoms with Gasteiger partial charge in [0.15, 0.2) is 0 Å². The molecule has 2 aromatic heterocycles. The Balaban J connectivity index is 1.58. The van der Waals surface area contributed by atoms with E-state index in [9.17, 15) is 9.59 Å². The molecule has 0 atom stereocenters. The maximum absolute atomic E-state index is 13.1. The number of likely N-dealkylation sites (N-methyl/N-ethyl adjacent to an activating group) is 1. The summed E-state index contributed by atoms with van der Waals surface area (Å²) < 4.78 is 0. The number of para-hydroxylation sites is 2. The number of aromatic nitrogens is 2. The van der Waals surface area contributed by atoms with Crippen molar-refractivity contribution in [2.24, 2.45) is 0 Å². The second-order valence-electron chi connectivity index (χ2n) is 7.68. The lowest BCUT2D eigenvalue weighted by atomic mass is 10.1. The molecule has 1 saturated heterocycles. The lowest BCUT2D eigenvalue weighted by molar-refractivity contribution is 0.102. The Bertz CT molecular complexity index is 1350. The molecule has 1 aliphatic heterocycles. The number of rotatable bonds is 3. The molecule has 2 aromatic carbocycles. The van der Waals surface area contributed by atoms with Gasteiger partial charge in [-0.1, -0.05) is 30.3 Å². The van der Waals surface area contributed by atoms with Crippen LogP contribution in [0.15, 0.2) is 60.9 Å². The average molecular weight is 411 g/mol.